The van der Waals surface area contributed by atoms with Gasteiger partial charge in [0.25, 0.3) is 0 Å². The highest BCUT2D eigenvalue weighted by Gasteiger charge is 2.05. The Labute approximate surface area is 116 Å². The predicted octanol–water partition coefficient (Wildman–Crippen LogP) is 3.85. The van der Waals surface area contributed by atoms with Crippen molar-refractivity contribution in [2.75, 3.05) is 7.11 Å². The summed E-state index contributed by atoms with van der Waals surface area (Å²) in [5, 5.41) is 1.33. The van der Waals surface area contributed by atoms with Crippen molar-refractivity contribution in [1.29, 1.82) is 0 Å². The molecule has 3 nitrogen and oxygen atoms in total. The average molecular weight is 281 g/mol. The second-order valence-corrected chi connectivity index (χ2v) is 5.06. The number of aromatic nitrogens is 2. The van der Waals surface area contributed by atoms with Gasteiger partial charge < -0.3 is 4.74 Å². The van der Waals surface area contributed by atoms with Crippen molar-refractivity contribution in [3.8, 4) is 5.75 Å². The maximum absolute atomic E-state index is 5.96. The van der Waals surface area contributed by atoms with E-state index < -0.39 is 0 Å². The summed E-state index contributed by atoms with van der Waals surface area (Å²) in [5.74, 6) is 1.59. The van der Waals surface area contributed by atoms with Gasteiger partial charge in [0, 0.05) is 17.4 Å². The second kappa shape index (κ2) is 6.07. The van der Waals surface area contributed by atoms with Crippen LogP contribution < -0.4 is 4.74 Å². The summed E-state index contributed by atoms with van der Waals surface area (Å²) in [6, 6.07) is 9.60. The molecule has 2 rings (SSSR count). The van der Waals surface area contributed by atoms with Crippen molar-refractivity contribution in [2.45, 2.75) is 23.3 Å². The second-order valence-electron chi connectivity index (χ2n) is 3.58. The molecular formula is C13H13ClN2OS. The summed E-state index contributed by atoms with van der Waals surface area (Å²) in [4.78, 5) is 9.63. The van der Waals surface area contributed by atoms with Crippen LogP contribution in [0, 0.1) is 0 Å². The third-order valence-corrected chi connectivity index (χ3v) is 3.40. The Morgan fingerprint density at radius 1 is 1.28 bits per heavy atom. The molecule has 1 heterocycles. The first kappa shape index (κ1) is 13.2. The molecule has 0 N–H and O–H groups in total. The fourth-order valence-electron chi connectivity index (χ4n) is 1.44. The normalized spacial score (nSPS) is 10.4. The van der Waals surface area contributed by atoms with Gasteiger partial charge in [-0.15, -0.1) is 0 Å². The van der Waals surface area contributed by atoms with E-state index in [0.29, 0.717) is 5.15 Å². The lowest BCUT2D eigenvalue weighted by molar-refractivity contribution is 0.413. The Morgan fingerprint density at radius 3 is 2.83 bits per heavy atom. The van der Waals surface area contributed by atoms with E-state index in [4.69, 9.17) is 16.3 Å². The Hall–Kier alpha value is -1.26. The first-order valence-electron chi connectivity index (χ1n) is 5.56. The van der Waals surface area contributed by atoms with Gasteiger partial charge in [-0.1, -0.05) is 36.4 Å². The Bertz CT molecular complexity index is 548. The molecule has 94 valence electrons. The molecular weight excluding hydrogens is 268 g/mol. The van der Waals surface area contributed by atoms with Gasteiger partial charge in [0.1, 0.15) is 21.8 Å². The summed E-state index contributed by atoms with van der Waals surface area (Å²) in [6.45, 7) is 2.01. The summed E-state index contributed by atoms with van der Waals surface area (Å²) >= 11 is 7.51. The molecule has 0 saturated heterocycles. The van der Waals surface area contributed by atoms with Crippen LogP contribution in [0.3, 0.4) is 0 Å². The minimum absolute atomic E-state index is 0.479. The number of hydrogen-bond acceptors (Lipinski definition) is 4. The minimum Gasteiger partial charge on any atom is -0.497 e. The van der Waals surface area contributed by atoms with Crippen LogP contribution in [0.15, 0.2) is 40.3 Å². The molecule has 0 amide bonds. The Morgan fingerprint density at radius 2 is 2.11 bits per heavy atom. The fourth-order valence-corrected chi connectivity index (χ4v) is 2.59. The summed E-state index contributed by atoms with van der Waals surface area (Å²) in [6.07, 6.45) is 0.770. The average Bonchev–Trinajstić information content (AvgIpc) is 2.38. The zero-order valence-corrected chi connectivity index (χ0v) is 11.8. The van der Waals surface area contributed by atoms with Gasteiger partial charge in [0.15, 0.2) is 0 Å². The molecule has 0 bridgehead atoms. The third-order valence-electron chi connectivity index (χ3n) is 2.30. The van der Waals surface area contributed by atoms with Crippen molar-refractivity contribution in [3.05, 3.63) is 41.3 Å². The summed E-state index contributed by atoms with van der Waals surface area (Å²) in [7, 11) is 1.65. The number of methoxy groups -OCH3 is 1. The maximum Gasteiger partial charge on any atom is 0.133 e. The summed E-state index contributed by atoms with van der Waals surface area (Å²) < 4.78 is 5.19. The van der Waals surface area contributed by atoms with E-state index in [2.05, 4.69) is 9.97 Å². The van der Waals surface area contributed by atoms with E-state index in [-0.39, 0.29) is 0 Å². The van der Waals surface area contributed by atoms with Crippen LogP contribution >= 0.6 is 23.4 Å². The Balaban J connectivity index is 2.24. The fraction of sp³-hybridized carbons (Fsp3) is 0.231. The van der Waals surface area contributed by atoms with Crippen molar-refractivity contribution in [3.63, 3.8) is 0 Å². The highest BCUT2D eigenvalue weighted by molar-refractivity contribution is 7.99. The van der Waals surface area contributed by atoms with Gasteiger partial charge in [-0.2, -0.15) is 0 Å². The van der Waals surface area contributed by atoms with Gasteiger partial charge in [-0.05, 0) is 18.2 Å². The van der Waals surface area contributed by atoms with Crippen molar-refractivity contribution in [1.82, 2.24) is 9.97 Å². The largest absolute Gasteiger partial charge is 0.497 e. The number of benzene rings is 1. The lowest BCUT2D eigenvalue weighted by Gasteiger charge is -2.05. The van der Waals surface area contributed by atoms with E-state index in [9.17, 15) is 0 Å². The topological polar surface area (TPSA) is 35.0 Å². The highest BCUT2D eigenvalue weighted by atomic mass is 35.5. The van der Waals surface area contributed by atoms with Crippen LogP contribution in [-0.4, -0.2) is 17.1 Å². The third kappa shape index (κ3) is 3.37. The predicted molar refractivity (Wildman–Crippen MR) is 73.5 cm³/mol. The first-order valence-corrected chi connectivity index (χ1v) is 6.76. The Kier molecular flexibility index (Phi) is 4.44. The molecule has 0 unspecified atom stereocenters. The number of ether oxygens (including phenoxy) is 1. The zero-order chi connectivity index (χ0) is 13.0. The van der Waals surface area contributed by atoms with Crippen LogP contribution in [0.5, 0.6) is 5.75 Å². The van der Waals surface area contributed by atoms with Gasteiger partial charge in [-0.25, -0.2) is 9.97 Å². The van der Waals surface area contributed by atoms with Crippen molar-refractivity contribution < 1.29 is 4.74 Å². The van der Waals surface area contributed by atoms with E-state index in [1.54, 1.807) is 24.9 Å². The monoisotopic (exact) mass is 280 g/mol. The number of hydrogen-bond donors (Lipinski definition) is 0. The van der Waals surface area contributed by atoms with E-state index in [0.717, 1.165) is 27.9 Å². The zero-order valence-electron chi connectivity index (χ0n) is 10.2. The maximum atomic E-state index is 5.96. The molecule has 18 heavy (non-hydrogen) atoms. The number of aryl methyl sites for hydroxylation is 1. The van der Waals surface area contributed by atoms with Crippen LogP contribution in [0.2, 0.25) is 5.15 Å². The molecule has 0 atom stereocenters. The quantitative estimate of drug-likeness (QED) is 0.797. The molecule has 2 aromatic rings. The van der Waals surface area contributed by atoms with Crippen LogP contribution in [0.25, 0.3) is 0 Å². The molecule has 0 radical (unpaired) electrons. The highest BCUT2D eigenvalue weighted by Crippen LogP contribution is 2.29. The van der Waals surface area contributed by atoms with Crippen LogP contribution in [0.4, 0.5) is 0 Å². The van der Waals surface area contributed by atoms with Crippen LogP contribution in [-0.2, 0) is 6.42 Å². The molecule has 0 spiro atoms. The smallest absolute Gasteiger partial charge is 0.133 e. The lowest BCUT2D eigenvalue weighted by atomic mass is 10.3. The lowest BCUT2D eigenvalue weighted by Crippen LogP contribution is -1.94. The van der Waals surface area contributed by atoms with Crippen molar-refractivity contribution >= 4 is 23.4 Å². The standard InChI is InChI=1S/C13H13ClN2OS/c1-3-12-15-11(14)8-13(16-12)18-10-6-4-5-9(7-10)17-2/h4-8H,3H2,1-2H3. The SMILES string of the molecule is CCc1nc(Cl)cc(Sc2cccc(OC)c2)n1. The molecule has 0 aliphatic carbocycles. The molecule has 1 aromatic heterocycles. The number of rotatable bonds is 4. The number of halogens is 1. The van der Waals surface area contributed by atoms with E-state index in [1.165, 1.54) is 0 Å². The van der Waals surface area contributed by atoms with Crippen molar-refractivity contribution in [2.24, 2.45) is 0 Å². The van der Waals surface area contributed by atoms with Gasteiger partial charge in [0.05, 0.1) is 7.11 Å². The molecule has 0 fully saturated rings. The minimum atomic E-state index is 0.479. The van der Waals surface area contributed by atoms with Crippen LogP contribution in [0.1, 0.15) is 12.7 Å². The molecule has 1 aromatic carbocycles. The van der Waals surface area contributed by atoms with E-state index >= 15 is 0 Å². The van der Waals surface area contributed by atoms with Gasteiger partial charge >= 0.3 is 0 Å². The molecule has 0 aliphatic rings. The number of nitrogens with zero attached hydrogens (tertiary/aromatic N) is 2. The molecule has 0 aliphatic heterocycles. The molecule has 0 saturated carbocycles. The van der Waals surface area contributed by atoms with E-state index in [1.807, 2.05) is 31.2 Å². The molecule has 5 heteroatoms. The summed E-state index contributed by atoms with van der Waals surface area (Å²) in [5.41, 5.74) is 0. The first-order chi connectivity index (χ1) is 8.71. The van der Waals surface area contributed by atoms with Gasteiger partial charge in [0.2, 0.25) is 0 Å². The van der Waals surface area contributed by atoms with Gasteiger partial charge in [-0.3, -0.25) is 0 Å².